The van der Waals surface area contributed by atoms with Crippen molar-refractivity contribution in [2.45, 2.75) is 19.0 Å². The van der Waals surface area contributed by atoms with Gasteiger partial charge in [0.25, 0.3) is 5.91 Å². The fraction of sp³-hybridized carbons (Fsp3) is 0.312. The van der Waals surface area contributed by atoms with E-state index in [4.69, 9.17) is 4.42 Å². The molecular weight excluding hydrogens is 355 g/mol. The summed E-state index contributed by atoms with van der Waals surface area (Å²) in [6.45, 7) is -1.15. The van der Waals surface area contributed by atoms with Crippen LogP contribution in [-0.2, 0) is 4.79 Å². The molecule has 2 amide bonds. The Morgan fingerprint density at radius 1 is 1.23 bits per heavy atom. The SMILES string of the molecule is O=C(CCCNC(=O)c1ccco1)Nc1ccc(OCC(F)(F)F)nc1. The van der Waals surface area contributed by atoms with Crippen LogP contribution in [0.3, 0.4) is 0 Å². The third-order valence-corrected chi connectivity index (χ3v) is 3.01. The zero-order chi connectivity index (χ0) is 19.0. The molecule has 0 spiro atoms. The van der Waals surface area contributed by atoms with E-state index >= 15 is 0 Å². The molecule has 2 aromatic heterocycles. The highest BCUT2D eigenvalue weighted by atomic mass is 19.4. The number of nitrogens with one attached hydrogen (secondary N) is 2. The number of pyridine rings is 1. The van der Waals surface area contributed by atoms with Crippen molar-refractivity contribution in [1.82, 2.24) is 10.3 Å². The van der Waals surface area contributed by atoms with E-state index in [1.54, 1.807) is 6.07 Å². The van der Waals surface area contributed by atoms with Gasteiger partial charge in [0.05, 0.1) is 18.1 Å². The first kappa shape index (κ1) is 19.3. The molecule has 0 aromatic carbocycles. The first-order chi connectivity index (χ1) is 12.3. The molecule has 0 bridgehead atoms. The number of rotatable bonds is 8. The van der Waals surface area contributed by atoms with Crippen LogP contribution < -0.4 is 15.4 Å². The zero-order valence-electron chi connectivity index (χ0n) is 13.5. The van der Waals surface area contributed by atoms with Gasteiger partial charge in [0, 0.05) is 19.0 Å². The third-order valence-electron chi connectivity index (χ3n) is 3.01. The van der Waals surface area contributed by atoms with Gasteiger partial charge in [-0.25, -0.2) is 4.98 Å². The molecular formula is C16H16F3N3O4. The Morgan fingerprint density at radius 2 is 2.04 bits per heavy atom. The minimum Gasteiger partial charge on any atom is -0.468 e. The molecule has 0 radical (unpaired) electrons. The second kappa shape index (κ2) is 8.88. The number of carbonyl (C=O) groups is 2. The van der Waals surface area contributed by atoms with Crippen molar-refractivity contribution in [3.8, 4) is 5.88 Å². The van der Waals surface area contributed by atoms with E-state index < -0.39 is 12.8 Å². The number of nitrogens with zero attached hydrogens (tertiary/aromatic N) is 1. The third kappa shape index (κ3) is 6.83. The van der Waals surface area contributed by atoms with Gasteiger partial charge in [0.2, 0.25) is 11.8 Å². The molecule has 0 aliphatic heterocycles. The highest BCUT2D eigenvalue weighted by Crippen LogP contribution is 2.18. The first-order valence-corrected chi connectivity index (χ1v) is 7.60. The van der Waals surface area contributed by atoms with Gasteiger partial charge in [-0.3, -0.25) is 9.59 Å². The number of ether oxygens (including phenoxy) is 1. The predicted octanol–water partition coefficient (Wildman–Crippen LogP) is 2.76. The number of amides is 2. The molecule has 0 unspecified atom stereocenters. The van der Waals surface area contributed by atoms with Gasteiger partial charge in [-0.2, -0.15) is 13.2 Å². The van der Waals surface area contributed by atoms with Crippen LogP contribution in [0.4, 0.5) is 18.9 Å². The molecule has 2 aromatic rings. The number of halogens is 3. The molecule has 10 heteroatoms. The lowest BCUT2D eigenvalue weighted by atomic mass is 10.2. The lowest BCUT2D eigenvalue weighted by molar-refractivity contribution is -0.154. The number of anilines is 1. The van der Waals surface area contributed by atoms with Crippen molar-refractivity contribution in [2.75, 3.05) is 18.5 Å². The number of furan rings is 1. The molecule has 2 heterocycles. The second-order valence-electron chi connectivity index (χ2n) is 5.17. The largest absolute Gasteiger partial charge is 0.468 e. The number of hydrogen-bond donors (Lipinski definition) is 2. The van der Waals surface area contributed by atoms with Gasteiger partial charge in [-0.1, -0.05) is 0 Å². The Balaban J connectivity index is 1.66. The average molecular weight is 371 g/mol. The maximum absolute atomic E-state index is 12.0. The van der Waals surface area contributed by atoms with Crippen molar-refractivity contribution in [3.63, 3.8) is 0 Å². The minimum absolute atomic E-state index is 0.144. The van der Waals surface area contributed by atoms with Crippen LogP contribution in [0.2, 0.25) is 0 Å². The Hall–Kier alpha value is -3.04. The molecule has 7 nitrogen and oxygen atoms in total. The Bertz CT molecular complexity index is 715. The monoisotopic (exact) mass is 371 g/mol. The minimum atomic E-state index is -4.44. The molecule has 0 aliphatic rings. The van der Waals surface area contributed by atoms with Crippen LogP contribution in [0, 0.1) is 0 Å². The Kier molecular flexibility index (Phi) is 6.59. The van der Waals surface area contributed by atoms with Crippen LogP contribution in [0.15, 0.2) is 41.1 Å². The summed E-state index contributed by atoms with van der Waals surface area (Å²) in [7, 11) is 0. The zero-order valence-corrected chi connectivity index (χ0v) is 13.5. The van der Waals surface area contributed by atoms with Crippen molar-refractivity contribution >= 4 is 17.5 Å². The smallest absolute Gasteiger partial charge is 0.422 e. The van der Waals surface area contributed by atoms with Crippen LogP contribution in [0.25, 0.3) is 0 Å². The molecule has 0 aliphatic carbocycles. The van der Waals surface area contributed by atoms with Crippen molar-refractivity contribution in [3.05, 3.63) is 42.5 Å². The van der Waals surface area contributed by atoms with E-state index in [2.05, 4.69) is 20.4 Å². The summed E-state index contributed by atoms with van der Waals surface area (Å²) in [5, 5.41) is 5.15. The van der Waals surface area contributed by atoms with Gasteiger partial charge in [-0.15, -0.1) is 0 Å². The summed E-state index contributed by atoms with van der Waals surface area (Å²) in [6, 6.07) is 5.73. The fourth-order valence-corrected chi connectivity index (χ4v) is 1.86. The molecule has 0 saturated carbocycles. The molecule has 0 atom stereocenters. The van der Waals surface area contributed by atoms with Gasteiger partial charge in [0.1, 0.15) is 0 Å². The van der Waals surface area contributed by atoms with E-state index in [1.807, 2.05) is 0 Å². The fourth-order valence-electron chi connectivity index (χ4n) is 1.86. The second-order valence-corrected chi connectivity index (χ2v) is 5.17. The maximum Gasteiger partial charge on any atom is 0.422 e. The number of alkyl halides is 3. The molecule has 140 valence electrons. The van der Waals surface area contributed by atoms with Crippen LogP contribution in [0.5, 0.6) is 5.88 Å². The molecule has 0 saturated heterocycles. The van der Waals surface area contributed by atoms with Gasteiger partial charge in [0.15, 0.2) is 12.4 Å². The molecule has 26 heavy (non-hydrogen) atoms. The van der Waals surface area contributed by atoms with Gasteiger partial charge in [-0.05, 0) is 24.6 Å². The molecule has 2 N–H and O–H groups in total. The number of hydrogen-bond acceptors (Lipinski definition) is 5. The lowest BCUT2D eigenvalue weighted by Crippen LogP contribution is -2.25. The molecule has 0 fully saturated rings. The van der Waals surface area contributed by atoms with Crippen LogP contribution in [-0.4, -0.2) is 36.1 Å². The topological polar surface area (TPSA) is 93.5 Å². The predicted molar refractivity (Wildman–Crippen MR) is 84.7 cm³/mol. The van der Waals surface area contributed by atoms with E-state index in [9.17, 15) is 22.8 Å². The van der Waals surface area contributed by atoms with Gasteiger partial charge < -0.3 is 19.8 Å². The quantitative estimate of drug-likeness (QED) is 0.696. The van der Waals surface area contributed by atoms with Crippen LogP contribution >= 0.6 is 0 Å². The maximum atomic E-state index is 12.0. The highest BCUT2D eigenvalue weighted by molar-refractivity contribution is 5.92. The summed E-state index contributed by atoms with van der Waals surface area (Å²) in [6.07, 6.45) is -1.32. The van der Waals surface area contributed by atoms with E-state index in [0.717, 1.165) is 0 Å². The Labute approximate surface area is 146 Å². The van der Waals surface area contributed by atoms with Crippen LogP contribution in [0.1, 0.15) is 23.4 Å². The molecule has 2 rings (SSSR count). The summed E-state index contributed by atoms with van der Waals surface area (Å²) in [5.74, 6) is -0.689. The normalized spacial score (nSPS) is 11.0. The summed E-state index contributed by atoms with van der Waals surface area (Å²) >= 11 is 0. The summed E-state index contributed by atoms with van der Waals surface area (Å²) in [5.41, 5.74) is 0.328. The van der Waals surface area contributed by atoms with E-state index in [0.29, 0.717) is 12.1 Å². The average Bonchev–Trinajstić information content (AvgIpc) is 3.12. The summed E-state index contributed by atoms with van der Waals surface area (Å²) < 4.78 is 45.5. The standard InChI is InChI=1S/C16H16F3N3O4/c17-16(18,19)10-26-14-6-5-11(9-21-14)22-13(23)4-1-7-20-15(24)12-3-2-8-25-12/h2-3,5-6,8-9H,1,4,7,10H2,(H,20,24)(H,22,23). The lowest BCUT2D eigenvalue weighted by Gasteiger charge is -2.09. The van der Waals surface area contributed by atoms with Crippen molar-refractivity contribution in [2.24, 2.45) is 0 Å². The van der Waals surface area contributed by atoms with E-state index in [-0.39, 0.29) is 36.4 Å². The summed E-state index contributed by atoms with van der Waals surface area (Å²) in [4.78, 5) is 27.0. The number of aromatic nitrogens is 1. The Morgan fingerprint density at radius 3 is 2.65 bits per heavy atom. The highest BCUT2D eigenvalue weighted by Gasteiger charge is 2.28. The van der Waals surface area contributed by atoms with E-state index in [1.165, 1.54) is 30.7 Å². The first-order valence-electron chi connectivity index (χ1n) is 7.60. The van der Waals surface area contributed by atoms with Crippen molar-refractivity contribution in [1.29, 1.82) is 0 Å². The number of carbonyl (C=O) groups excluding carboxylic acids is 2. The van der Waals surface area contributed by atoms with Crippen molar-refractivity contribution < 1.29 is 31.9 Å². The van der Waals surface area contributed by atoms with Gasteiger partial charge >= 0.3 is 6.18 Å².